The van der Waals surface area contributed by atoms with E-state index in [2.05, 4.69) is 10.3 Å². The van der Waals surface area contributed by atoms with Crippen molar-refractivity contribution >= 4 is 41.4 Å². The number of aliphatic carboxylic acids is 1. The van der Waals surface area contributed by atoms with E-state index in [-0.39, 0.29) is 44.1 Å². The first kappa shape index (κ1) is 39.5. The number of nitrogens with two attached hydrogens (primary N) is 4. The smallest absolute Gasteiger partial charge is 0.475 e. The van der Waals surface area contributed by atoms with E-state index >= 15 is 0 Å². The number of guanidine groups is 1. The van der Waals surface area contributed by atoms with Crippen LogP contribution in [0.15, 0.2) is 53.5 Å². The third kappa shape index (κ3) is 11.8. The number of alkyl halides is 3. The van der Waals surface area contributed by atoms with Crippen LogP contribution in [0, 0.1) is 11.3 Å². The molecule has 15 nitrogen and oxygen atoms in total. The van der Waals surface area contributed by atoms with Crippen LogP contribution >= 0.6 is 0 Å². The van der Waals surface area contributed by atoms with Crippen LogP contribution in [-0.4, -0.2) is 95.2 Å². The molecule has 3 rings (SSSR count). The Hall–Kier alpha value is -5.68. The molecular weight excluding hydrogens is 651 g/mol. The molecule has 3 atom stereocenters. The number of rotatable bonds is 12. The van der Waals surface area contributed by atoms with Crippen molar-refractivity contribution in [2.24, 2.45) is 33.8 Å². The van der Waals surface area contributed by atoms with Gasteiger partial charge < -0.3 is 43.2 Å². The third-order valence-corrected chi connectivity index (χ3v) is 7.42. The Morgan fingerprint density at radius 3 is 2.08 bits per heavy atom. The molecule has 1 aliphatic heterocycles. The summed E-state index contributed by atoms with van der Waals surface area (Å²) in [5.74, 6) is -6.25. The molecule has 2 aromatic carbocycles. The number of nitrogens with zero attached hydrogens (tertiary/aromatic N) is 3. The quantitative estimate of drug-likeness (QED) is 0.0673. The van der Waals surface area contributed by atoms with Gasteiger partial charge in [0, 0.05) is 39.2 Å². The van der Waals surface area contributed by atoms with Gasteiger partial charge in [-0.05, 0) is 36.0 Å². The second-order valence-corrected chi connectivity index (χ2v) is 11.3. The lowest BCUT2D eigenvalue weighted by Gasteiger charge is -2.38. The number of benzene rings is 2. The van der Waals surface area contributed by atoms with Gasteiger partial charge in [0.1, 0.15) is 23.8 Å². The van der Waals surface area contributed by atoms with Gasteiger partial charge in [0.05, 0.1) is 0 Å². The molecule has 1 aliphatic rings. The van der Waals surface area contributed by atoms with Gasteiger partial charge >= 0.3 is 12.1 Å². The van der Waals surface area contributed by atoms with Crippen molar-refractivity contribution in [3.8, 4) is 0 Å². The number of amidine groups is 1. The van der Waals surface area contributed by atoms with Crippen molar-refractivity contribution < 1.29 is 42.3 Å². The van der Waals surface area contributed by atoms with E-state index in [4.69, 9.17) is 38.2 Å². The summed E-state index contributed by atoms with van der Waals surface area (Å²) in [7, 11) is 3.13. The van der Waals surface area contributed by atoms with Gasteiger partial charge in [0.15, 0.2) is 5.96 Å². The monoisotopic (exact) mass is 691 g/mol. The molecule has 11 N–H and O–H groups in total. The number of carboxylic acid groups (broad SMARTS) is 1. The van der Waals surface area contributed by atoms with E-state index in [0.717, 1.165) is 11.1 Å². The molecule has 0 saturated carbocycles. The van der Waals surface area contributed by atoms with Crippen LogP contribution in [0.4, 0.5) is 13.2 Å². The van der Waals surface area contributed by atoms with Gasteiger partial charge in [0.25, 0.3) is 0 Å². The average Bonchev–Trinajstić information content (AvgIpc) is 3.03. The van der Waals surface area contributed by atoms with Gasteiger partial charge in [-0.3, -0.25) is 29.6 Å². The lowest BCUT2D eigenvalue weighted by molar-refractivity contribution is -0.192. The molecule has 0 aliphatic carbocycles. The second-order valence-electron chi connectivity index (χ2n) is 11.3. The number of amides is 4. The predicted octanol–water partition coefficient (Wildman–Crippen LogP) is -0.172. The van der Waals surface area contributed by atoms with Crippen LogP contribution in [-0.2, 0) is 43.4 Å². The highest BCUT2D eigenvalue weighted by Gasteiger charge is 2.41. The predicted molar refractivity (Wildman–Crippen MR) is 173 cm³/mol. The maximum Gasteiger partial charge on any atom is 0.490 e. The fourth-order valence-corrected chi connectivity index (χ4v) is 4.89. The molecule has 49 heavy (non-hydrogen) atoms. The number of hydrogen-bond donors (Lipinski definition) is 7. The zero-order chi connectivity index (χ0) is 37.1. The lowest BCUT2D eigenvalue weighted by atomic mass is 9.89. The van der Waals surface area contributed by atoms with E-state index in [1.54, 1.807) is 38.4 Å². The average molecular weight is 692 g/mol. The topological polar surface area (TPSA) is 264 Å². The minimum Gasteiger partial charge on any atom is -0.475 e. The largest absolute Gasteiger partial charge is 0.490 e. The Bertz CT molecular complexity index is 1560. The Morgan fingerprint density at radius 2 is 1.59 bits per heavy atom. The molecule has 1 heterocycles. The summed E-state index contributed by atoms with van der Waals surface area (Å²) in [4.78, 5) is 68.8. The minimum atomic E-state index is -5.08. The minimum absolute atomic E-state index is 0.0786. The molecule has 0 spiro atoms. The first-order valence-electron chi connectivity index (χ1n) is 14.8. The van der Waals surface area contributed by atoms with Crippen LogP contribution in [0.5, 0.6) is 0 Å². The standard InChI is InChI=1S/C29H39N9O4.C2HF3O2/c1-37(2)27(41)21(14-17-9-11-18(12-10-17)24(30)31)28(42)38-16-20-7-4-3-6-19(20)15-23(38)26(40)36-22(25(32)39)8-5-13-35-29(33)34;3-2(4,5)1(6)7/h3-4,6-7,9-12,21-23H,5,8,13-16H2,1-2H3,(H3,30,31)(H2,32,39)(H,36,40)(H4,33,34,35);(H,6,7)/t21-,22-,23?;/m0./s1. The van der Waals surface area contributed by atoms with Gasteiger partial charge in [-0.2, -0.15) is 13.2 Å². The molecular formula is C31H40F3N9O6. The first-order chi connectivity index (χ1) is 22.8. The third-order valence-electron chi connectivity index (χ3n) is 7.42. The molecule has 4 amide bonds. The second kappa shape index (κ2) is 17.5. The van der Waals surface area contributed by atoms with Crippen molar-refractivity contribution in [2.75, 3.05) is 20.6 Å². The number of carbonyl (C=O) groups is 5. The zero-order valence-electron chi connectivity index (χ0n) is 26.9. The number of nitrogen functional groups attached to an aromatic ring is 1. The van der Waals surface area contributed by atoms with Crippen LogP contribution < -0.4 is 28.3 Å². The fraction of sp³-hybridized carbons (Fsp3) is 0.387. The zero-order valence-corrected chi connectivity index (χ0v) is 26.9. The number of primary amides is 1. The normalized spacial score (nSPS) is 14.9. The van der Waals surface area contributed by atoms with Crippen LogP contribution in [0.25, 0.3) is 0 Å². The molecule has 1 unspecified atom stereocenters. The van der Waals surface area contributed by atoms with E-state index in [1.165, 1.54) is 9.80 Å². The van der Waals surface area contributed by atoms with Gasteiger partial charge in [0.2, 0.25) is 23.6 Å². The van der Waals surface area contributed by atoms with Crippen LogP contribution in [0.3, 0.4) is 0 Å². The van der Waals surface area contributed by atoms with E-state index < -0.39 is 53.8 Å². The van der Waals surface area contributed by atoms with Gasteiger partial charge in [-0.1, -0.05) is 48.5 Å². The highest BCUT2D eigenvalue weighted by molar-refractivity contribution is 6.02. The number of aliphatic imine (C=N–C) groups is 1. The Morgan fingerprint density at radius 1 is 1.02 bits per heavy atom. The summed E-state index contributed by atoms with van der Waals surface area (Å²) in [5.41, 5.74) is 24.8. The Kier molecular flexibility index (Phi) is 14.1. The van der Waals surface area contributed by atoms with E-state index in [9.17, 15) is 32.3 Å². The summed E-state index contributed by atoms with van der Waals surface area (Å²) in [6.45, 7) is 0.366. The molecule has 18 heteroatoms. The fourth-order valence-electron chi connectivity index (χ4n) is 4.89. The summed E-state index contributed by atoms with van der Waals surface area (Å²) in [5, 5.41) is 17.4. The Labute approximate surface area is 280 Å². The summed E-state index contributed by atoms with van der Waals surface area (Å²) in [6.07, 6.45) is -4.21. The van der Waals surface area contributed by atoms with Crippen molar-refractivity contribution in [3.05, 3.63) is 70.8 Å². The van der Waals surface area contributed by atoms with Crippen molar-refractivity contribution in [1.82, 2.24) is 15.1 Å². The molecule has 266 valence electrons. The number of nitrogens with one attached hydrogen (secondary N) is 2. The number of carbonyl (C=O) groups excluding carboxylic acids is 4. The summed E-state index contributed by atoms with van der Waals surface area (Å²) < 4.78 is 31.7. The van der Waals surface area contributed by atoms with Gasteiger partial charge in [-0.15, -0.1) is 0 Å². The Balaban J connectivity index is 0.00000107. The summed E-state index contributed by atoms with van der Waals surface area (Å²) >= 11 is 0. The molecule has 0 bridgehead atoms. The van der Waals surface area contributed by atoms with E-state index in [0.29, 0.717) is 17.5 Å². The lowest BCUT2D eigenvalue weighted by Crippen LogP contribution is -2.58. The highest BCUT2D eigenvalue weighted by Crippen LogP contribution is 2.27. The van der Waals surface area contributed by atoms with Crippen LogP contribution in [0.2, 0.25) is 0 Å². The molecule has 0 saturated heterocycles. The highest BCUT2D eigenvalue weighted by atomic mass is 19.4. The maximum atomic E-state index is 14.2. The maximum absolute atomic E-state index is 14.2. The van der Waals surface area contributed by atoms with Crippen molar-refractivity contribution in [2.45, 2.75) is 50.5 Å². The SMILES string of the molecule is CN(C)C(=O)[C@H](Cc1ccc(C(=N)N)cc1)C(=O)N1Cc2ccccc2CC1C(=O)N[C@@H](CCCN=C(N)N)C(N)=O.O=C(O)C(F)(F)F. The van der Waals surface area contributed by atoms with E-state index in [1.807, 2.05) is 24.3 Å². The van der Waals surface area contributed by atoms with Gasteiger partial charge in [-0.25, -0.2) is 4.79 Å². The molecule has 0 aromatic heterocycles. The number of carboxylic acids is 1. The van der Waals surface area contributed by atoms with Crippen molar-refractivity contribution in [1.29, 1.82) is 5.41 Å². The summed E-state index contributed by atoms with van der Waals surface area (Å²) in [6, 6.07) is 12.2. The first-order valence-corrected chi connectivity index (χ1v) is 14.8. The number of halogens is 3. The molecule has 2 aromatic rings. The molecule has 0 fully saturated rings. The number of hydrogen-bond acceptors (Lipinski definition) is 7. The van der Waals surface area contributed by atoms with Crippen LogP contribution in [0.1, 0.15) is 35.1 Å². The molecule has 0 radical (unpaired) electrons. The van der Waals surface area contributed by atoms with Crippen molar-refractivity contribution in [3.63, 3.8) is 0 Å². The number of fused-ring (bicyclic) bond motifs is 1.